The molecule has 2 aliphatic rings. The summed E-state index contributed by atoms with van der Waals surface area (Å²) >= 11 is 0. The van der Waals surface area contributed by atoms with E-state index in [2.05, 4.69) is 21.9 Å². The predicted octanol–water partition coefficient (Wildman–Crippen LogP) is 2.58. The fraction of sp³-hybridized carbons (Fsp3) is 0.647. The third-order valence-corrected chi connectivity index (χ3v) is 4.81. The van der Waals surface area contributed by atoms with Gasteiger partial charge in [-0.1, -0.05) is 12.1 Å². The Balaban J connectivity index is 1.42. The van der Waals surface area contributed by atoms with Crippen molar-refractivity contribution in [2.75, 3.05) is 38.5 Å². The number of benzene rings is 1. The van der Waals surface area contributed by atoms with Crippen LogP contribution in [0.2, 0.25) is 0 Å². The lowest BCUT2D eigenvalue weighted by Gasteiger charge is -2.33. The third-order valence-electron chi connectivity index (χ3n) is 4.81. The highest BCUT2D eigenvalue weighted by Crippen LogP contribution is 2.22. The van der Waals surface area contributed by atoms with Crippen LogP contribution in [0.5, 0.6) is 0 Å². The maximum atomic E-state index is 5.74. The molecule has 0 bridgehead atoms. The first kappa shape index (κ1) is 13.9. The molecule has 0 spiro atoms. The molecule has 0 atom stereocenters. The first-order valence-electron chi connectivity index (χ1n) is 8.09. The lowest BCUT2D eigenvalue weighted by molar-refractivity contribution is 0.149. The molecule has 1 aromatic rings. The average molecular weight is 273 g/mol. The summed E-state index contributed by atoms with van der Waals surface area (Å²) < 4.78 is 0. The molecule has 2 heterocycles. The summed E-state index contributed by atoms with van der Waals surface area (Å²) in [6.45, 7) is 7.61. The average Bonchev–Trinajstić information content (AvgIpc) is 2.96. The Labute approximate surface area is 122 Å². The van der Waals surface area contributed by atoms with E-state index in [0.717, 1.165) is 18.2 Å². The molecular weight excluding hydrogens is 246 g/mol. The minimum atomic E-state index is 0.859. The normalized spacial score (nSPS) is 22.4. The number of rotatable bonds is 4. The van der Waals surface area contributed by atoms with Crippen molar-refractivity contribution < 1.29 is 0 Å². The van der Waals surface area contributed by atoms with Gasteiger partial charge in [0.05, 0.1) is 0 Å². The topological polar surface area (TPSA) is 32.5 Å². The van der Waals surface area contributed by atoms with Crippen molar-refractivity contribution in [1.82, 2.24) is 9.80 Å². The van der Waals surface area contributed by atoms with Crippen molar-refractivity contribution in [3.8, 4) is 0 Å². The lowest BCUT2D eigenvalue weighted by atomic mass is 9.96. The van der Waals surface area contributed by atoms with Crippen LogP contribution in [-0.4, -0.2) is 42.5 Å². The quantitative estimate of drug-likeness (QED) is 0.856. The second kappa shape index (κ2) is 6.59. The molecule has 0 aromatic heterocycles. The summed E-state index contributed by atoms with van der Waals surface area (Å²) in [7, 11) is 0. The van der Waals surface area contributed by atoms with Gasteiger partial charge in [-0.2, -0.15) is 0 Å². The zero-order valence-electron chi connectivity index (χ0n) is 12.4. The summed E-state index contributed by atoms with van der Waals surface area (Å²) in [5.74, 6) is 0.927. The maximum Gasteiger partial charge on any atom is 0.0314 e. The SMILES string of the molecule is Nc1ccc(CN2CCC(CN3CCCC3)CC2)cc1. The molecule has 110 valence electrons. The monoisotopic (exact) mass is 273 g/mol. The molecule has 20 heavy (non-hydrogen) atoms. The Morgan fingerprint density at radius 2 is 1.55 bits per heavy atom. The molecule has 2 saturated heterocycles. The van der Waals surface area contributed by atoms with Crippen LogP contribution in [0.3, 0.4) is 0 Å². The van der Waals surface area contributed by atoms with Crippen LogP contribution in [0.15, 0.2) is 24.3 Å². The summed E-state index contributed by atoms with van der Waals surface area (Å²) in [5.41, 5.74) is 7.98. The van der Waals surface area contributed by atoms with E-state index in [-0.39, 0.29) is 0 Å². The molecule has 2 N–H and O–H groups in total. The van der Waals surface area contributed by atoms with Crippen molar-refractivity contribution in [3.63, 3.8) is 0 Å². The van der Waals surface area contributed by atoms with Crippen LogP contribution in [-0.2, 0) is 6.54 Å². The van der Waals surface area contributed by atoms with Gasteiger partial charge < -0.3 is 10.6 Å². The van der Waals surface area contributed by atoms with E-state index < -0.39 is 0 Å². The number of nitrogens with two attached hydrogens (primary N) is 1. The van der Waals surface area contributed by atoms with E-state index in [9.17, 15) is 0 Å². The zero-order valence-corrected chi connectivity index (χ0v) is 12.4. The second-order valence-electron chi connectivity index (χ2n) is 6.47. The van der Waals surface area contributed by atoms with E-state index in [1.54, 1.807) is 0 Å². The first-order valence-corrected chi connectivity index (χ1v) is 8.09. The fourth-order valence-corrected chi connectivity index (χ4v) is 3.54. The Hall–Kier alpha value is -1.06. The standard InChI is InChI=1S/C17H27N3/c18-17-5-3-15(4-6-17)13-20-11-7-16(8-12-20)14-19-9-1-2-10-19/h3-6,16H,1-2,7-14,18H2. The van der Waals surface area contributed by atoms with Crippen LogP contribution in [0.4, 0.5) is 5.69 Å². The van der Waals surface area contributed by atoms with Crippen LogP contribution >= 0.6 is 0 Å². The summed E-state index contributed by atoms with van der Waals surface area (Å²) in [4.78, 5) is 5.26. The van der Waals surface area contributed by atoms with E-state index >= 15 is 0 Å². The van der Waals surface area contributed by atoms with Crippen LogP contribution in [0.1, 0.15) is 31.2 Å². The maximum absolute atomic E-state index is 5.74. The Morgan fingerprint density at radius 3 is 2.20 bits per heavy atom. The molecule has 3 heteroatoms. The zero-order chi connectivity index (χ0) is 13.8. The number of nitrogens with zero attached hydrogens (tertiary/aromatic N) is 2. The second-order valence-corrected chi connectivity index (χ2v) is 6.47. The Morgan fingerprint density at radius 1 is 0.900 bits per heavy atom. The van der Waals surface area contributed by atoms with Crippen molar-refractivity contribution in [1.29, 1.82) is 0 Å². The van der Waals surface area contributed by atoms with E-state index in [1.807, 2.05) is 12.1 Å². The summed E-state index contributed by atoms with van der Waals surface area (Å²) in [6.07, 6.45) is 5.56. The number of nitrogen functional groups attached to an aromatic ring is 1. The molecule has 3 rings (SSSR count). The van der Waals surface area contributed by atoms with Gasteiger partial charge in [-0.15, -0.1) is 0 Å². The molecular formula is C17H27N3. The van der Waals surface area contributed by atoms with Crippen molar-refractivity contribution >= 4 is 5.69 Å². The van der Waals surface area contributed by atoms with Crippen LogP contribution in [0.25, 0.3) is 0 Å². The highest BCUT2D eigenvalue weighted by Gasteiger charge is 2.22. The van der Waals surface area contributed by atoms with Gasteiger partial charge in [0.2, 0.25) is 0 Å². The first-order chi connectivity index (χ1) is 9.79. The number of anilines is 1. The lowest BCUT2D eigenvalue weighted by Crippen LogP contribution is -2.37. The van der Waals surface area contributed by atoms with E-state index in [0.29, 0.717) is 0 Å². The Bertz CT molecular complexity index is 401. The van der Waals surface area contributed by atoms with Crippen molar-refractivity contribution in [2.45, 2.75) is 32.2 Å². The van der Waals surface area contributed by atoms with Gasteiger partial charge in [-0.05, 0) is 75.5 Å². The molecule has 0 saturated carbocycles. The largest absolute Gasteiger partial charge is 0.399 e. The van der Waals surface area contributed by atoms with Gasteiger partial charge >= 0.3 is 0 Å². The van der Waals surface area contributed by atoms with Crippen LogP contribution in [0, 0.1) is 5.92 Å². The van der Waals surface area contributed by atoms with Crippen molar-refractivity contribution in [2.24, 2.45) is 5.92 Å². The van der Waals surface area contributed by atoms with Gasteiger partial charge in [0.1, 0.15) is 0 Å². The molecule has 0 radical (unpaired) electrons. The van der Waals surface area contributed by atoms with Crippen molar-refractivity contribution in [3.05, 3.63) is 29.8 Å². The third kappa shape index (κ3) is 3.74. The fourth-order valence-electron chi connectivity index (χ4n) is 3.54. The van der Waals surface area contributed by atoms with Gasteiger partial charge in [0.15, 0.2) is 0 Å². The molecule has 0 aliphatic carbocycles. The number of hydrogen-bond acceptors (Lipinski definition) is 3. The molecule has 2 aliphatic heterocycles. The number of hydrogen-bond donors (Lipinski definition) is 1. The minimum absolute atomic E-state index is 0.859. The Kier molecular flexibility index (Phi) is 4.58. The van der Waals surface area contributed by atoms with Gasteiger partial charge in [0.25, 0.3) is 0 Å². The highest BCUT2D eigenvalue weighted by atomic mass is 15.2. The van der Waals surface area contributed by atoms with Gasteiger partial charge in [0, 0.05) is 18.8 Å². The summed E-state index contributed by atoms with van der Waals surface area (Å²) in [5, 5.41) is 0. The molecule has 1 aromatic carbocycles. The number of likely N-dealkylation sites (tertiary alicyclic amines) is 2. The highest BCUT2D eigenvalue weighted by molar-refractivity contribution is 5.39. The molecule has 2 fully saturated rings. The minimum Gasteiger partial charge on any atom is -0.399 e. The predicted molar refractivity (Wildman–Crippen MR) is 84.5 cm³/mol. The number of piperidine rings is 1. The molecule has 0 unspecified atom stereocenters. The summed E-state index contributed by atoms with van der Waals surface area (Å²) in [6, 6.07) is 8.34. The van der Waals surface area contributed by atoms with Crippen LogP contribution < -0.4 is 5.73 Å². The van der Waals surface area contributed by atoms with E-state index in [4.69, 9.17) is 5.73 Å². The van der Waals surface area contributed by atoms with Gasteiger partial charge in [-0.25, -0.2) is 0 Å². The van der Waals surface area contributed by atoms with E-state index in [1.165, 1.54) is 64.0 Å². The molecule has 0 amide bonds. The smallest absolute Gasteiger partial charge is 0.0314 e. The molecule has 3 nitrogen and oxygen atoms in total. The van der Waals surface area contributed by atoms with Gasteiger partial charge in [-0.3, -0.25) is 4.90 Å².